The number of oxazole rings is 1. The first-order valence-electron chi connectivity index (χ1n) is 2.47. The van der Waals surface area contributed by atoms with Gasteiger partial charge >= 0.3 is 0 Å². The average Bonchev–Trinajstić information content (AvgIpc) is 2.49. The van der Waals surface area contributed by atoms with Crippen molar-refractivity contribution in [3.63, 3.8) is 0 Å². The van der Waals surface area contributed by atoms with E-state index in [0.717, 1.165) is 12.4 Å². The maximum absolute atomic E-state index is 4.92. The molecule has 0 bridgehead atoms. The van der Waals surface area contributed by atoms with Crippen LogP contribution in [-0.2, 0) is 4.74 Å². The summed E-state index contributed by atoms with van der Waals surface area (Å²) in [5.41, 5.74) is 0. The van der Waals surface area contributed by atoms with E-state index in [1.165, 1.54) is 6.39 Å². The molecule has 42 valence electrons. The van der Waals surface area contributed by atoms with E-state index in [-0.39, 0.29) is 6.10 Å². The van der Waals surface area contributed by atoms with E-state index in [9.17, 15) is 0 Å². The summed E-state index contributed by atoms with van der Waals surface area (Å²) in [5.74, 6) is 0.838. The van der Waals surface area contributed by atoms with Gasteiger partial charge < -0.3 is 9.15 Å². The largest absolute Gasteiger partial charge is 0.446 e. The number of aromatic nitrogens is 1. The molecule has 0 aliphatic carbocycles. The number of rotatable bonds is 1. The number of hydrogen-bond acceptors (Lipinski definition) is 3. The molecule has 0 saturated carbocycles. The van der Waals surface area contributed by atoms with Crippen LogP contribution in [0.3, 0.4) is 0 Å². The van der Waals surface area contributed by atoms with Gasteiger partial charge in [-0.1, -0.05) is 0 Å². The summed E-state index contributed by atoms with van der Waals surface area (Å²) in [4.78, 5) is 3.74. The lowest BCUT2D eigenvalue weighted by molar-refractivity contribution is 0.370. The van der Waals surface area contributed by atoms with Gasteiger partial charge in [0.15, 0.2) is 12.2 Å². The van der Waals surface area contributed by atoms with E-state index in [1.807, 2.05) is 0 Å². The molecular formula is C5H5NO2. The minimum Gasteiger partial charge on any atom is -0.446 e. The fraction of sp³-hybridized carbons (Fsp3) is 0.400. The molecule has 8 heavy (non-hydrogen) atoms. The van der Waals surface area contributed by atoms with E-state index in [0.29, 0.717) is 0 Å². The SMILES string of the molecule is c1ncc(C2CO2)o1. The molecule has 0 amide bonds. The maximum atomic E-state index is 4.92. The van der Waals surface area contributed by atoms with Crippen molar-refractivity contribution in [2.24, 2.45) is 0 Å². The molecule has 1 unspecified atom stereocenters. The van der Waals surface area contributed by atoms with E-state index in [1.54, 1.807) is 6.20 Å². The Hall–Kier alpha value is -0.830. The topological polar surface area (TPSA) is 38.6 Å². The van der Waals surface area contributed by atoms with Crippen LogP contribution in [0, 0.1) is 0 Å². The lowest BCUT2D eigenvalue weighted by Crippen LogP contribution is -1.69. The van der Waals surface area contributed by atoms with Crippen molar-refractivity contribution in [3.05, 3.63) is 18.4 Å². The monoisotopic (exact) mass is 111 g/mol. The highest BCUT2D eigenvalue weighted by Gasteiger charge is 2.27. The van der Waals surface area contributed by atoms with Gasteiger partial charge in [-0.05, 0) is 0 Å². The van der Waals surface area contributed by atoms with E-state index in [4.69, 9.17) is 9.15 Å². The fourth-order valence-corrected chi connectivity index (χ4v) is 0.597. The van der Waals surface area contributed by atoms with Crippen LogP contribution in [0.25, 0.3) is 0 Å². The normalized spacial score (nSPS) is 25.8. The molecule has 1 saturated heterocycles. The Kier molecular flexibility index (Phi) is 0.676. The molecule has 3 heteroatoms. The van der Waals surface area contributed by atoms with E-state index < -0.39 is 0 Å². The van der Waals surface area contributed by atoms with Gasteiger partial charge in [0.05, 0.1) is 12.8 Å². The van der Waals surface area contributed by atoms with Crippen LogP contribution in [0.2, 0.25) is 0 Å². The minimum atomic E-state index is 0.206. The minimum absolute atomic E-state index is 0.206. The summed E-state index contributed by atoms with van der Waals surface area (Å²) < 4.78 is 9.84. The first kappa shape index (κ1) is 4.09. The lowest BCUT2D eigenvalue weighted by atomic mass is 10.4. The molecule has 1 fully saturated rings. The van der Waals surface area contributed by atoms with Crippen molar-refractivity contribution in [1.82, 2.24) is 4.98 Å². The summed E-state index contributed by atoms with van der Waals surface area (Å²) >= 11 is 0. The first-order valence-corrected chi connectivity index (χ1v) is 2.47. The van der Waals surface area contributed by atoms with Crippen molar-refractivity contribution in [1.29, 1.82) is 0 Å². The van der Waals surface area contributed by atoms with Gasteiger partial charge in [0.25, 0.3) is 0 Å². The second-order valence-electron chi connectivity index (χ2n) is 1.73. The third-order valence-corrected chi connectivity index (χ3v) is 1.10. The third-order valence-electron chi connectivity index (χ3n) is 1.10. The summed E-state index contributed by atoms with van der Waals surface area (Å²) in [6.45, 7) is 0.787. The summed E-state index contributed by atoms with van der Waals surface area (Å²) in [7, 11) is 0. The molecule has 1 atom stereocenters. The van der Waals surface area contributed by atoms with Gasteiger partial charge in [-0.25, -0.2) is 4.98 Å². The molecular weight excluding hydrogens is 106 g/mol. The van der Waals surface area contributed by atoms with Crippen LogP contribution in [0.4, 0.5) is 0 Å². The molecule has 0 N–H and O–H groups in total. The fourth-order valence-electron chi connectivity index (χ4n) is 0.597. The van der Waals surface area contributed by atoms with Crippen molar-refractivity contribution in [3.8, 4) is 0 Å². The highest BCUT2D eigenvalue weighted by Crippen LogP contribution is 2.28. The Morgan fingerprint density at radius 3 is 3.12 bits per heavy atom. The van der Waals surface area contributed by atoms with E-state index >= 15 is 0 Å². The molecule has 1 aliphatic heterocycles. The van der Waals surface area contributed by atoms with Crippen LogP contribution >= 0.6 is 0 Å². The smallest absolute Gasteiger partial charge is 0.180 e. The highest BCUT2D eigenvalue weighted by atomic mass is 16.6. The van der Waals surface area contributed by atoms with Crippen LogP contribution in [0.5, 0.6) is 0 Å². The van der Waals surface area contributed by atoms with Crippen LogP contribution in [0.15, 0.2) is 17.0 Å². The summed E-state index contributed by atoms with van der Waals surface area (Å²) in [6.07, 6.45) is 3.30. The Labute approximate surface area is 46.3 Å². The van der Waals surface area contributed by atoms with Crippen molar-refractivity contribution in [2.45, 2.75) is 6.10 Å². The van der Waals surface area contributed by atoms with Gasteiger partial charge in [-0.15, -0.1) is 0 Å². The Morgan fingerprint density at radius 2 is 2.62 bits per heavy atom. The van der Waals surface area contributed by atoms with Crippen LogP contribution < -0.4 is 0 Å². The number of hydrogen-bond donors (Lipinski definition) is 0. The highest BCUT2D eigenvalue weighted by molar-refractivity contribution is 4.99. The molecule has 1 aromatic heterocycles. The van der Waals surface area contributed by atoms with Gasteiger partial charge in [0, 0.05) is 0 Å². The third kappa shape index (κ3) is 0.518. The standard InChI is InChI=1S/C5H5NO2/c1-4(5-2-7-5)8-3-6-1/h1,3,5H,2H2. The second kappa shape index (κ2) is 1.32. The number of epoxide rings is 1. The van der Waals surface area contributed by atoms with Crippen molar-refractivity contribution in [2.75, 3.05) is 6.61 Å². The molecule has 1 aliphatic rings. The average molecular weight is 111 g/mol. The zero-order valence-electron chi connectivity index (χ0n) is 4.20. The van der Waals surface area contributed by atoms with Crippen LogP contribution in [-0.4, -0.2) is 11.6 Å². The van der Waals surface area contributed by atoms with Gasteiger partial charge in [0.1, 0.15) is 6.10 Å². The Morgan fingerprint density at radius 1 is 1.75 bits per heavy atom. The Balaban J connectivity index is 2.28. The quantitative estimate of drug-likeness (QED) is 0.502. The molecule has 1 aromatic rings. The molecule has 3 nitrogen and oxygen atoms in total. The Bertz CT molecular complexity index is 167. The summed E-state index contributed by atoms with van der Waals surface area (Å²) in [6, 6.07) is 0. The predicted octanol–water partition coefficient (Wildman–Crippen LogP) is 0.746. The predicted molar refractivity (Wildman–Crippen MR) is 25.2 cm³/mol. The van der Waals surface area contributed by atoms with Gasteiger partial charge in [0.2, 0.25) is 0 Å². The zero-order valence-corrected chi connectivity index (χ0v) is 4.20. The van der Waals surface area contributed by atoms with E-state index in [2.05, 4.69) is 4.98 Å². The number of nitrogens with zero attached hydrogens (tertiary/aromatic N) is 1. The summed E-state index contributed by atoms with van der Waals surface area (Å²) in [5, 5.41) is 0. The lowest BCUT2D eigenvalue weighted by Gasteiger charge is -1.77. The number of ether oxygens (including phenoxy) is 1. The van der Waals surface area contributed by atoms with Crippen molar-refractivity contribution < 1.29 is 9.15 Å². The van der Waals surface area contributed by atoms with Crippen LogP contribution in [0.1, 0.15) is 11.9 Å². The van der Waals surface area contributed by atoms with Gasteiger partial charge in [-0.3, -0.25) is 0 Å². The molecule has 0 radical (unpaired) electrons. The first-order chi connectivity index (χ1) is 3.97. The molecule has 0 aromatic carbocycles. The molecule has 2 rings (SSSR count). The molecule has 0 spiro atoms. The van der Waals surface area contributed by atoms with Crippen molar-refractivity contribution >= 4 is 0 Å². The zero-order chi connectivity index (χ0) is 5.40. The molecule has 2 heterocycles. The maximum Gasteiger partial charge on any atom is 0.180 e. The van der Waals surface area contributed by atoms with Gasteiger partial charge in [-0.2, -0.15) is 0 Å². The second-order valence-corrected chi connectivity index (χ2v) is 1.73.